The summed E-state index contributed by atoms with van der Waals surface area (Å²) in [5, 5.41) is 13.1. The first kappa shape index (κ1) is 10.9. The van der Waals surface area contributed by atoms with E-state index in [4.69, 9.17) is 0 Å². The highest BCUT2D eigenvalue weighted by Gasteiger charge is 2.21. The molecule has 0 rings (SSSR count). The number of hydrogen-bond acceptors (Lipinski definition) is 2. The lowest BCUT2D eigenvalue weighted by Crippen LogP contribution is -2.42. The van der Waals surface area contributed by atoms with Gasteiger partial charge in [0.25, 0.3) is 0 Å². The molecule has 0 bridgehead atoms. The van der Waals surface area contributed by atoms with Crippen molar-refractivity contribution in [2.24, 2.45) is 0 Å². The Bertz CT molecular complexity index is 97.7. The minimum Gasteiger partial charge on any atom is -0.389 e. The topological polar surface area (TPSA) is 32.3 Å². The maximum atomic E-state index is 9.82. The molecule has 0 aromatic carbocycles. The van der Waals surface area contributed by atoms with Gasteiger partial charge < -0.3 is 10.4 Å². The molecule has 0 aliphatic rings. The van der Waals surface area contributed by atoms with E-state index in [0.29, 0.717) is 12.6 Å². The van der Waals surface area contributed by atoms with Crippen molar-refractivity contribution in [3.63, 3.8) is 0 Å². The van der Waals surface area contributed by atoms with Crippen LogP contribution in [0.2, 0.25) is 0 Å². The lowest BCUT2D eigenvalue weighted by atomic mass is 9.97. The molecule has 2 heteroatoms. The Hall–Kier alpha value is -0.0800. The molecule has 0 amide bonds. The van der Waals surface area contributed by atoms with Crippen LogP contribution in [0.4, 0.5) is 0 Å². The van der Waals surface area contributed by atoms with E-state index >= 15 is 0 Å². The molecule has 0 aliphatic heterocycles. The molecule has 2 nitrogen and oxygen atoms in total. The van der Waals surface area contributed by atoms with Crippen molar-refractivity contribution in [3.8, 4) is 0 Å². The third-order valence-corrected chi connectivity index (χ3v) is 2.16. The molecule has 0 heterocycles. The van der Waals surface area contributed by atoms with Gasteiger partial charge >= 0.3 is 0 Å². The summed E-state index contributed by atoms with van der Waals surface area (Å²) in [5.41, 5.74) is -0.496. The summed E-state index contributed by atoms with van der Waals surface area (Å²) in [6.07, 6.45) is 1.65. The maximum Gasteiger partial charge on any atom is 0.0766 e. The molecule has 0 saturated heterocycles. The second-order valence-corrected chi connectivity index (χ2v) is 3.47. The van der Waals surface area contributed by atoms with Crippen molar-refractivity contribution in [3.05, 3.63) is 0 Å². The molecule has 0 aromatic heterocycles. The van der Waals surface area contributed by atoms with E-state index in [0.717, 1.165) is 12.8 Å². The third-order valence-electron chi connectivity index (χ3n) is 2.16. The highest BCUT2D eigenvalue weighted by atomic mass is 16.3. The van der Waals surface area contributed by atoms with E-state index in [1.807, 2.05) is 13.8 Å². The van der Waals surface area contributed by atoms with E-state index in [9.17, 15) is 5.11 Å². The Morgan fingerprint density at radius 3 is 2.00 bits per heavy atom. The van der Waals surface area contributed by atoms with Crippen molar-refractivity contribution in [2.75, 3.05) is 6.54 Å². The minimum absolute atomic E-state index is 0.458. The van der Waals surface area contributed by atoms with Crippen LogP contribution in [-0.4, -0.2) is 23.3 Å². The van der Waals surface area contributed by atoms with Gasteiger partial charge in [-0.2, -0.15) is 0 Å². The van der Waals surface area contributed by atoms with Crippen LogP contribution in [0.15, 0.2) is 0 Å². The summed E-state index contributed by atoms with van der Waals surface area (Å²) in [5.74, 6) is 0. The van der Waals surface area contributed by atoms with Crippen molar-refractivity contribution in [2.45, 2.75) is 52.2 Å². The van der Waals surface area contributed by atoms with E-state index in [2.05, 4.69) is 19.2 Å². The number of nitrogens with one attached hydrogen (secondary N) is 1. The predicted octanol–water partition coefficient (Wildman–Crippen LogP) is 1.54. The van der Waals surface area contributed by atoms with Gasteiger partial charge in [0, 0.05) is 12.6 Å². The molecule has 0 radical (unpaired) electrons. The van der Waals surface area contributed by atoms with Gasteiger partial charge in [0.15, 0.2) is 0 Å². The van der Waals surface area contributed by atoms with Crippen LogP contribution in [-0.2, 0) is 0 Å². The molecule has 2 N–H and O–H groups in total. The zero-order valence-corrected chi connectivity index (χ0v) is 8.15. The van der Waals surface area contributed by atoms with Crippen LogP contribution < -0.4 is 5.32 Å². The summed E-state index contributed by atoms with van der Waals surface area (Å²) in [7, 11) is 0. The van der Waals surface area contributed by atoms with Gasteiger partial charge in [-0.1, -0.05) is 27.7 Å². The zero-order valence-electron chi connectivity index (χ0n) is 8.15. The molecule has 0 aliphatic carbocycles. The monoisotopic (exact) mass is 159 g/mol. The van der Waals surface area contributed by atoms with Crippen LogP contribution in [0.25, 0.3) is 0 Å². The van der Waals surface area contributed by atoms with Gasteiger partial charge in [0.1, 0.15) is 0 Å². The molecular formula is C9H21NO. The van der Waals surface area contributed by atoms with Gasteiger partial charge in [-0.15, -0.1) is 0 Å². The second-order valence-electron chi connectivity index (χ2n) is 3.47. The Morgan fingerprint density at radius 2 is 1.73 bits per heavy atom. The Labute approximate surface area is 70.0 Å². The van der Waals surface area contributed by atoms with Crippen LogP contribution in [0.1, 0.15) is 40.5 Å². The first-order valence-corrected chi connectivity index (χ1v) is 4.50. The number of rotatable bonds is 5. The molecule has 11 heavy (non-hydrogen) atoms. The van der Waals surface area contributed by atoms with Crippen LogP contribution >= 0.6 is 0 Å². The fraction of sp³-hybridized carbons (Fsp3) is 1.00. The first-order valence-electron chi connectivity index (χ1n) is 4.50. The average molecular weight is 159 g/mol. The smallest absolute Gasteiger partial charge is 0.0766 e. The Balaban J connectivity index is 3.69. The van der Waals surface area contributed by atoms with Gasteiger partial charge in [-0.05, 0) is 12.8 Å². The number of hydrogen-bond donors (Lipinski definition) is 2. The largest absolute Gasteiger partial charge is 0.389 e. The van der Waals surface area contributed by atoms with Gasteiger partial charge in [0.2, 0.25) is 0 Å². The highest BCUT2D eigenvalue weighted by molar-refractivity contribution is 4.78. The van der Waals surface area contributed by atoms with Crippen molar-refractivity contribution in [1.82, 2.24) is 5.32 Å². The van der Waals surface area contributed by atoms with Crippen molar-refractivity contribution >= 4 is 0 Å². The summed E-state index contributed by atoms with van der Waals surface area (Å²) < 4.78 is 0. The minimum atomic E-state index is -0.496. The molecule has 0 atom stereocenters. The summed E-state index contributed by atoms with van der Waals surface area (Å²) >= 11 is 0. The molecule has 0 unspecified atom stereocenters. The fourth-order valence-electron chi connectivity index (χ4n) is 0.894. The normalized spacial score (nSPS) is 12.5. The molecule has 0 spiro atoms. The van der Waals surface area contributed by atoms with E-state index in [1.165, 1.54) is 0 Å². The lowest BCUT2D eigenvalue weighted by Gasteiger charge is -2.26. The fourth-order valence-corrected chi connectivity index (χ4v) is 0.894. The molecular weight excluding hydrogens is 138 g/mol. The lowest BCUT2D eigenvalue weighted by molar-refractivity contribution is 0.0308. The highest BCUT2D eigenvalue weighted by Crippen LogP contribution is 2.12. The van der Waals surface area contributed by atoms with Crippen LogP contribution in [0, 0.1) is 0 Å². The SMILES string of the molecule is CCC(O)(CC)CNC(C)C. The summed E-state index contributed by atoms with van der Waals surface area (Å²) in [4.78, 5) is 0. The molecule has 0 aromatic rings. The van der Waals surface area contributed by atoms with Crippen LogP contribution in [0.5, 0.6) is 0 Å². The zero-order chi connectivity index (χ0) is 8.91. The Kier molecular flexibility index (Phi) is 4.69. The summed E-state index contributed by atoms with van der Waals surface area (Å²) in [6.45, 7) is 8.92. The Morgan fingerprint density at radius 1 is 1.27 bits per heavy atom. The molecule has 68 valence electrons. The quantitative estimate of drug-likeness (QED) is 0.637. The predicted molar refractivity (Wildman–Crippen MR) is 48.7 cm³/mol. The average Bonchev–Trinajstić information content (AvgIpc) is 2.00. The molecule has 0 fully saturated rings. The maximum absolute atomic E-state index is 9.82. The van der Waals surface area contributed by atoms with E-state index in [1.54, 1.807) is 0 Å². The summed E-state index contributed by atoms with van der Waals surface area (Å²) in [6, 6.07) is 0.458. The van der Waals surface area contributed by atoms with Crippen molar-refractivity contribution in [1.29, 1.82) is 0 Å². The molecule has 0 saturated carbocycles. The van der Waals surface area contributed by atoms with E-state index < -0.39 is 5.60 Å². The van der Waals surface area contributed by atoms with Gasteiger partial charge in [-0.3, -0.25) is 0 Å². The third kappa shape index (κ3) is 4.38. The van der Waals surface area contributed by atoms with E-state index in [-0.39, 0.29) is 0 Å². The van der Waals surface area contributed by atoms with Gasteiger partial charge in [-0.25, -0.2) is 0 Å². The van der Waals surface area contributed by atoms with Crippen molar-refractivity contribution < 1.29 is 5.11 Å². The number of aliphatic hydroxyl groups is 1. The van der Waals surface area contributed by atoms with Crippen LogP contribution in [0.3, 0.4) is 0 Å². The first-order chi connectivity index (χ1) is 5.04. The standard InChI is InChI=1S/C9H21NO/c1-5-9(11,6-2)7-10-8(3)4/h8,10-11H,5-7H2,1-4H3. The van der Waals surface area contributed by atoms with Gasteiger partial charge in [0.05, 0.1) is 5.60 Å². The second kappa shape index (κ2) is 4.73.